The second-order valence-electron chi connectivity index (χ2n) is 6.43. The van der Waals surface area contributed by atoms with Crippen LogP contribution in [0.2, 0.25) is 0 Å². The van der Waals surface area contributed by atoms with Crippen LogP contribution in [-0.2, 0) is 18.3 Å². The Bertz CT molecular complexity index is 930. The Labute approximate surface area is 146 Å². The summed E-state index contributed by atoms with van der Waals surface area (Å²) in [6.07, 6.45) is 3.71. The fraction of sp³-hybridized carbons (Fsp3) is 0.368. The van der Waals surface area contributed by atoms with Gasteiger partial charge in [0.05, 0.1) is 36.5 Å². The molecule has 0 aliphatic carbocycles. The average molecular weight is 338 g/mol. The molecular weight excluding hydrogens is 316 g/mol. The lowest BCUT2D eigenvalue weighted by Crippen LogP contribution is -2.42. The molecule has 1 atom stereocenters. The van der Waals surface area contributed by atoms with E-state index in [0.29, 0.717) is 18.5 Å². The van der Waals surface area contributed by atoms with E-state index in [0.717, 1.165) is 25.2 Å². The second-order valence-corrected chi connectivity index (χ2v) is 6.43. The van der Waals surface area contributed by atoms with E-state index in [1.165, 1.54) is 5.69 Å². The zero-order chi connectivity index (χ0) is 17.2. The Morgan fingerprint density at radius 3 is 2.92 bits per heavy atom. The second kappa shape index (κ2) is 6.82. The van der Waals surface area contributed by atoms with Crippen molar-refractivity contribution >= 4 is 10.9 Å². The topological polar surface area (TPSA) is 52.3 Å². The Kier molecular flexibility index (Phi) is 4.38. The normalized spacial score (nSPS) is 18.7. The molecule has 0 spiro atoms. The largest absolute Gasteiger partial charge is 0.378 e. The van der Waals surface area contributed by atoms with Crippen LogP contribution in [0.3, 0.4) is 0 Å². The summed E-state index contributed by atoms with van der Waals surface area (Å²) in [5.41, 5.74) is 2.01. The minimum absolute atomic E-state index is 0.0225. The van der Waals surface area contributed by atoms with Gasteiger partial charge in [0.1, 0.15) is 0 Å². The molecule has 1 aliphatic rings. The zero-order valence-corrected chi connectivity index (χ0v) is 14.3. The van der Waals surface area contributed by atoms with Crippen LogP contribution in [0.15, 0.2) is 53.7 Å². The molecule has 6 nitrogen and oxygen atoms in total. The minimum atomic E-state index is 0.0225. The fourth-order valence-electron chi connectivity index (χ4n) is 3.50. The van der Waals surface area contributed by atoms with Crippen molar-refractivity contribution in [1.82, 2.24) is 19.0 Å². The monoisotopic (exact) mass is 338 g/mol. The van der Waals surface area contributed by atoms with Gasteiger partial charge in [0, 0.05) is 38.6 Å². The molecule has 1 aliphatic heterocycles. The van der Waals surface area contributed by atoms with E-state index in [1.54, 1.807) is 10.9 Å². The van der Waals surface area contributed by atoms with Crippen molar-refractivity contribution in [2.24, 2.45) is 7.05 Å². The molecule has 6 heteroatoms. The molecule has 1 fully saturated rings. The maximum absolute atomic E-state index is 12.6. The van der Waals surface area contributed by atoms with Crippen LogP contribution in [0, 0.1) is 0 Å². The number of morpholine rings is 1. The third-order valence-corrected chi connectivity index (χ3v) is 4.92. The number of hydrogen-bond donors (Lipinski definition) is 0. The van der Waals surface area contributed by atoms with Crippen LogP contribution in [0.25, 0.3) is 10.9 Å². The van der Waals surface area contributed by atoms with Gasteiger partial charge in [-0.05, 0) is 24.3 Å². The highest BCUT2D eigenvalue weighted by atomic mass is 16.5. The number of para-hydroxylation sites is 1. The average Bonchev–Trinajstić information content (AvgIpc) is 3.07. The number of benzene rings is 1. The molecule has 130 valence electrons. The van der Waals surface area contributed by atoms with Crippen LogP contribution in [0.4, 0.5) is 0 Å². The van der Waals surface area contributed by atoms with Crippen LogP contribution in [0.1, 0.15) is 11.7 Å². The minimum Gasteiger partial charge on any atom is -0.378 e. The highest BCUT2D eigenvalue weighted by Gasteiger charge is 2.26. The zero-order valence-electron chi connectivity index (χ0n) is 14.3. The maximum Gasteiger partial charge on any atom is 0.261 e. The smallest absolute Gasteiger partial charge is 0.261 e. The van der Waals surface area contributed by atoms with Crippen molar-refractivity contribution in [3.8, 4) is 0 Å². The van der Waals surface area contributed by atoms with Gasteiger partial charge in [-0.15, -0.1) is 0 Å². The molecule has 0 saturated carbocycles. The Morgan fingerprint density at radius 1 is 1.20 bits per heavy atom. The fourth-order valence-corrected chi connectivity index (χ4v) is 3.50. The van der Waals surface area contributed by atoms with Gasteiger partial charge in [-0.1, -0.05) is 12.1 Å². The van der Waals surface area contributed by atoms with Crippen LogP contribution >= 0.6 is 0 Å². The van der Waals surface area contributed by atoms with E-state index >= 15 is 0 Å². The summed E-state index contributed by atoms with van der Waals surface area (Å²) in [7, 11) is 2.06. The summed E-state index contributed by atoms with van der Waals surface area (Å²) in [6, 6.07) is 11.9. The highest BCUT2D eigenvalue weighted by molar-refractivity contribution is 5.76. The molecule has 3 heterocycles. The Morgan fingerprint density at radius 2 is 2.08 bits per heavy atom. The number of fused-ring (bicyclic) bond motifs is 1. The summed E-state index contributed by atoms with van der Waals surface area (Å²) >= 11 is 0. The number of nitrogens with zero attached hydrogens (tertiary/aromatic N) is 4. The summed E-state index contributed by atoms with van der Waals surface area (Å²) in [5, 5.41) is 0.672. The summed E-state index contributed by atoms with van der Waals surface area (Å²) in [6.45, 7) is 3.69. The standard InChI is InChI=1S/C19H22N4O2/c1-21-8-4-7-17(21)18-13-25-12-11-22(18)9-10-23-14-20-16-6-3-2-5-15(16)19(23)24/h2-8,14,18H,9-13H2,1H3. The first-order chi connectivity index (χ1) is 12.2. The number of hydrogen-bond acceptors (Lipinski definition) is 4. The predicted molar refractivity (Wildman–Crippen MR) is 96.5 cm³/mol. The van der Waals surface area contributed by atoms with Crippen molar-refractivity contribution in [3.05, 3.63) is 65.0 Å². The lowest BCUT2D eigenvalue weighted by Gasteiger charge is -2.36. The van der Waals surface area contributed by atoms with Crippen LogP contribution in [0.5, 0.6) is 0 Å². The molecule has 4 rings (SSSR count). The number of aromatic nitrogens is 3. The number of ether oxygens (including phenoxy) is 1. The maximum atomic E-state index is 12.6. The quantitative estimate of drug-likeness (QED) is 0.728. The van der Waals surface area contributed by atoms with E-state index in [9.17, 15) is 4.79 Å². The Balaban J connectivity index is 1.54. The summed E-state index contributed by atoms with van der Waals surface area (Å²) in [4.78, 5) is 19.4. The molecule has 2 aromatic heterocycles. The molecule has 3 aromatic rings. The first-order valence-corrected chi connectivity index (χ1v) is 8.61. The molecule has 25 heavy (non-hydrogen) atoms. The molecule has 0 N–H and O–H groups in total. The lowest BCUT2D eigenvalue weighted by molar-refractivity contribution is -0.0124. The highest BCUT2D eigenvalue weighted by Crippen LogP contribution is 2.24. The molecule has 0 amide bonds. The van der Waals surface area contributed by atoms with Crippen LogP contribution < -0.4 is 5.56 Å². The Hall–Kier alpha value is -2.44. The van der Waals surface area contributed by atoms with E-state index < -0.39 is 0 Å². The van der Waals surface area contributed by atoms with Gasteiger partial charge < -0.3 is 9.30 Å². The first kappa shape index (κ1) is 16.1. The van der Waals surface area contributed by atoms with E-state index in [4.69, 9.17) is 4.74 Å². The van der Waals surface area contributed by atoms with Crippen molar-refractivity contribution in [3.63, 3.8) is 0 Å². The van der Waals surface area contributed by atoms with Gasteiger partial charge in [-0.3, -0.25) is 14.3 Å². The lowest BCUT2D eigenvalue weighted by atomic mass is 10.1. The van der Waals surface area contributed by atoms with E-state index in [-0.39, 0.29) is 11.6 Å². The molecule has 0 radical (unpaired) electrons. The molecule has 1 saturated heterocycles. The molecule has 1 unspecified atom stereocenters. The third-order valence-electron chi connectivity index (χ3n) is 4.92. The molecule has 0 bridgehead atoms. The van der Waals surface area contributed by atoms with Crippen LogP contribution in [-0.4, -0.2) is 45.3 Å². The third kappa shape index (κ3) is 3.10. The predicted octanol–water partition coefficient (Wildman–Crippen LogP) is 1.81. The molecular formula is C19H22N4O2. The van der Waals surface area contributed by atoms with Crippen molar-refractivity contribution < 1.29 is 4.74 Å². The van der Waals surface area contributed by atoms with Crippen molar-refractivity contribution in [2.75, 3.05) is 26.3 Å². The SMILES string of the molecule is Cn1cccc1C1COCCN1CCn1cnc2ccccc2c1=O. The van der Waals surface area contributed by atoms with Gasteiger partial charge >= 0.3 is 0 Å². The van der Waals surface area contributed by atoms with Gasteiger partial charge in [-0.25, -0.2) is 4.98 Å². The van der Waals surface area contributed by atoms with Gasteiger partial charge in [0.15, 0.2) is 0 Å². The number of aryl methyl sites for hydroxylation is 1. The van der Waals surface area contributed by atoms with Crippen molar-refractivity contribution in [1.29, 1.82) is 0 Å². The van der Waals surface area contributed by atoms with E-state index in [1.807, 2.05) is 24.3 Å². The van der Waals surface area contributed by atoms with E-state index in [2.05, 4.69) is 39.8 Å². The first-order valence-electron chi connectivity index (χ1n) is 8.61. The number of rotatable bonds is 4. The summed E-state index contributed by atoms with van der Waals surface area (Å²) < 4.78 is 9.53. The van der Waals surface area contributed by atoms with Gasteiger partial charge in [0.25, 0.3) is 5.56 Å². The van der Waals surface area contributed by atoms with Gasteiger partial charge in [-0.2, -0.15) is 0 Å². The van der Waals surface area contributed by atoms with Gasteiger partial charge in [0.2, 0.25) is 0 Å². The summed E-state index contributed by atoms with van der Waals surface area (Å²) in [5.74, 6) is 0. The van der Waals surface area contributed by atoms with Crippen molar-refractivity contribution in [2.45, 2.75) is 12.6 Å². The molecule has 1 aromatic carbocycles.